The fraction of sp³-hybridized carbons (Fsp3) is 0.111. The molecule has 0 aliphatic carbocycles. The van der Waals surface area contributed by atoms with Crippen molar-refractivity contribution in [3.05, 3.63) is 16.0 Å². The summed E-state index contributed by atoms with van der Waals surface area (Å²) >= 11 is 1.90. The number of amides is 2. The highest BCUT2D eigenvalue weighted by Crippen LogP contribution is 2.32. The third-order valence-corrected chi connectivity index (χ3v) is 3.59. The van der Waals surface area contributed by atoms with Crippen molar-refractivity contribution in [1.29, 1.82) is 0 Å². The summed E-state index contributed by atoms with van der Waals surface area (Å²) in [7, 11) is 0. The zero-order chi connectivity index (χ0) is 13.3. The van der Waals surface area contributed by atoms with Gasteiger partial charge < -0.3 is 10.8 Å². The number of thiazole rings is 1. The first kappa shape index (κ1) is 12.6. The predicted octanol–water partition coefficient (Wildman–Crippen LogP) is 0.846. The van der Waals surface area contributed by atoms with E-state index >= 15 is 0 Å². The summed E-state index contributed by atoms with van der Waals surface area (Å²) in [6.07, 6.45) is 1.42. The molecule has 18 heavy (non-hydrogen) atoms. The van der Waals surface area contributed by atoms with E-state index in [1.165, 1.54) is 17.4 Å². The predicted molar refractivity (Wildman–Crippen MR) is 66.8 cm³/mol. The van der Waals surface area contributed by atoms with Gasteiger partial charge in [-0.2, -0.15) is 0 Å². The number of hydrogen-bond donors (Lipinski definition) is 2. The molecule has 1 saturated heterocycles. The van der Waals surface area contributed by atoms with Gasteiger partial charge in [0.1, 0.15) is 6.54 Å². The van der Waals surface area contributed by atoms with E-state index in [9.17, 15) is 14.4 Å². The van der Waals surface area contributed by atoms with Gasteiger partial charge in [-0.1, -0.05) is 0 Å². The zero-order valence-corrected chi connectivity index (χ0v) is 10.5. The molecule has 0 bridgehead atoms. The Labute approximate surface area is 109 Å². The number of aromatic nitrogens is 1. The van der Waals surface area contributed by atoms with Crippen LogP contribution in [0.1, 0.15) is 5.69 Å². The molecule has 2 heterocycles. The van der Waals surface area contributed by atoms with Crippen LogP contribution in [0.5, 0.6) is 0 Å². The molecule has 0 saturated carbocycles. The quantitative estimate of drug-likeness (QED) is 0.791. The normalized spacial score (nSPS) is 17.8. The van der Waals surface area contributed by atoms with Crippen molar-refractivity contribution in [2.45, 2.75) is 0 Å². The molecule has 1 aliphatic heterocycles. The monoisotopic (exact) mass is 285 g/mol. The Balaban J connectivity index is 2.22. The van der Waals surface area contributed by atoms with Gasteiger partial charge in [-0.15, -0.1) is 11.3 Å². The number of rotatable bonds is 3. The van der Waals surface area contributed by atoms with Crippen molar-refractivity contribution in [3.63, 3.8) is 0 Å². The highest BCUT2D eigenvalue weighted by atomic mass is 32.2. The van der Waals surface area contributed by atoms with Crippen molar-refractivity contribution in [2.24, 2.45) is 0 Å². The minimum absolute atomic E-state index is 0.145. The zero-order valence-electron chi connectivity index (χ0n) is 8.82. The molecule has 1 aromatic rings. The van der Waals surface area contributed by atoms with E-state index < -0.39 is 23.7 Å². The van der Waals surface area contributed by atoms with Crippen LogP contribution in [0.15, 0.2) is 10.3 Å². The number of nitrogen functional groups attached to an aromatic ring is 1. The molecule has 1 aromatic heterocycles. The Morgan fingerprint density at radius 3 is 2.83 bits per heavy atom. The van der Waals surface area contributed by atoms with Gasteiger partial charge in [0.25, 0.3) is 11.1 Å². The fourth-order valence-electron chi connectivity index (χ4n) is 1.27. The molecule has 0 atom stereocenters. The Bertz CT molecular complexity index is 566. The molecule has 2 amide bonds. The maximum atomic E-state index is 11.8. The number of carboxylic acids is 1. The number of nitrogens with two attached hydrogens (primary N) is 1. The fourth-order valence-corrected chi connectivity index (χ4v) is 2.62. The molecule has 0 spiro atoms. The lowest BCUT2D eigenvalue weighted by Gasteiger charge is -2.07. The van der Waals surface area contributed by atoms with Gasteiger partial charge in [0.2, 0.25) is 0 Å². The second-order valence-electron chi connectivity index (χ2n) is 3.27. The van der Waals surface area contributed by atoms with Crippen LogP contribution in [0.3, 0.4) is 0 Å². The van der Waals surface area contributed by atoms with E-state index in [4.69, 9.17) is 10.8 Å². The SMILES string of the molecule is Nc1nc(C=C2SC(=O)N(CC(=O)O)C2=O)cs1. The number of anilines is 1. The van der Waals surface area contributed by atoms with Crippen molar-refractivity contribution in [3.8, 4) is 0 Å². The topological polar surface area (TPSA) is 114 Å². The lowest BCUT2D eigenvalue weighted by atomic mass is 10.3. The number of nitrogens with zero attached hydrogens (tertiary/aromatic N) is 2. The molecular formula is C9H7N3O4S2. The second-order valence-corrected chi connectivity index (χ2v) is 5.16. The summed E-state index contributed by atoms with van der Waals surface area (Å²) < 4.78 is 0. The third kappa shape index (κ3) is 2.51. The Morgan fingerprint density at radius 2 is 2.28 bits per heavy atom. The van der Waals surface area contributed by atoms with Crippen molar-refractivity contribution >= 4 is 51.4 Å². The average Bonchev–Trinajstić information content (AvgIpc) is 2.78. The summed E-state index contributed by atoms with van der Waals surface area (Å²) in [6, 6.07) is 0. The lowest BCUT2D eigenvalue weighted by Crippen LogP contribution is -2.33. The van der Waals surface area contributed by atoms with E-state index in [2.05, 4.69) is 4.98 Å². The standard InChI is InChI=1S/C9H7N3O4S2/c10-8-11-4(3-17-8)1-5-7(15)12(2-6(13)14)9(16)18-5/h1,3H,2H2,(H2,10,11)(H,13,14). The number of carbonyl (C=O) groups is 3. The summed E-state index contributed by atoms with van der Waals surface area (Å²) in [5.74, 6) is -1.87. The van der Waals surface area contributed by atoms with Gasteiger partial charge in [-0.3, -0.25) is 19.3 Å². The lowest BCUT2D eigenvalue weighted by molar-refractivity contribution is -0.140. The highest BCUT2D eigenvalue weighted by molar-refractivity contribution is 8.18. The number of carboxylic acid groups (broad SMARTS) is 1. The van der Waals surface area contributed by atoms with E-state index in [0.29, 0.717) is 27.5 Å². The smallest absolute Gasteiger partial charge is 0.323 e. The molecule has 0 aromatic carbocycles. The maximum Gasteiger partial charge on any atom is 0.323 e. The van der Waals surface area contributed by atoms with Crippen molar-refractivity contribution in [2.75, 3.05) is 12.3 Å². The Morgan fingerprint density at radius 1 is 1.56 bits per heavy atom. The molecule has 1 fully saturated rings. The Kier molecular flexibility index (Phi) is 3.34. The first-order valence-electron chi connectivity index (χ1n) is 4.65. The summed E-state index contributed by atoms with van der Waals surface area (Å²) in [5.41, 5.74) is 5.91. The second kappa shape index (κ2) is 4.78. The number of aliphatic carboxylic acids is 1. The van der Waals surface area contributed by atoms with Crippen molar-refractivity contribution < 1.29 is 19.5 Å². The van der Waals surface area contributed by atoms with Gasteiger partial charge in [0, 0.05) is 5.38 Å². The van der Waals surface area contributed by atoms with Crippen LogP contribution in [0, 0.1) is 0 Å². The molecule has 1 aliphatic rings. The van der Waals surface area contributed by atoms with Crippen LogP contribution in [-0.4, -0.2) is 38.7 Å². The van der Waals surface area contributed by atoms with E-state index in [-0.39, 0.29) is 4.91 Å². The molecule has 9 heteroatoms. The van der Waals surface area contributed by atoms with Gasteiger partial charge in [0.15, 0.2) is 5.13 Å². The first-order valence-corrected chi connectivity index (χ1v) is 6.35. The highest BCUT2D eigenvalue weighted by Gasteiger charge is 2.36. The summed E-state index contributed by atoms with van der Waals surface area (Å²) in [6.45, 7) is -0.638. The van der Waals surface area contributed by atoms with E-state index in [0.717, 1.165) is 0 Å². The minimum Gasteiger partial charge on any atom is -0.480 e. The average molecular weight is 285 g/mol. The summed E-state index contributed by atoms with van der Waals surface area (Å²) in [5, 5.41) is 9.98. The van der Waals surface area contributed by atoms with Gasteiger partial charge >= 0.3 is 5.97 Å². The van der Waals surface area contributed by atoms with Crippen LogP contribution in [0.4, 0.5) is 9.93 Å². The number of imide groups is 1. The van der Waals surface area contributed by atoms with Gasteiger partial charge in [-0.05, 0) is 17.8 Å². The number of carbonyl (C=O) groups excluding carboxylic acids is 2. The van der Waals surface area contributed by atoms with Crippen molar-refractivity contribution in [1.82, 2.24) is 9.88 Å². The molecule has 94 valence electrons. The van der Waals surface area contributed by atoms with Gasteiger partial charge in [0.05, 0.1) is 10.6 Å². The molecule has 0 unspecified atom stereocenters. The third-order valence-electron chi connectivity index (χ3n) is 1.99. The van der Waals surface area contributed by atoms with E-state index in [1.807, 2.05) is 0 Å². The minimum atomic E-state index is -1.24. The molecule has 2 rings (SSSR count). The number of thioether (sulfide) groups is 1. The van der Waals surface area contributed by atoms with Crippen LogP contribution >= 0.6 is 23.1 Å². The largest absolute Gasteiger partial charge is 0.480 e. The Hall–Kier alpha value is -1.87. The molecule has 7 nitrogen and oxygen atoms in total. The van der Waals surface area contributed by atoms with Crippen LogP contribution < -0.4 is 5.73 Å². The van der Waals surface area contributed by atoms with Crippen LogP contribution in [0.2, 0.25) is 0 Å². The maximum absolute atomic E-state index is 11.8. The summed E-state index contributed by atoms with van der Waals surface area (Å²) in [4.78, 5) is 38.5. The molecular weight excluding hydrogens is 278 g/mol. The first-order chi connectivity index (χ1) is 8.47. The molecule has 0 radical (unpaired) electrons. The van der Waals surface area contributed by atoms with E-state index in [1.54, 1.807) is 5.38 Å². The van der Waals surface area contributed by atoms with Crippen LogP contribution in [-0.2, 0) is 9.59 Å². The van der Waals surface area contributed by atoms with Crippen LogP contribution in [0.25, 0.3) is 6.08 Å². The molecule has 3 N–H and O–H groups in total. The number of hydrogen-bond acceptors (Lipinski definition) is 7. The van der Waals surface area contributed by atoms with Gasteiger partial charge in [-0.25, -0.2) is 4.98 Å².